The number of hydrogen-bond acceptors (Lipinski definition) is 2. The van der Waals surface area contributed by atoms with Crippen LogP contribution < -0.4 is 0 Å². The van der Waals surface area contributed by atoms with Gasteiger partial charge in [-0.15, -0.1) is 0 Å². The van der Waals surface area contributed by atoms with Crippen LogP contribution in [-0.4, -0.2) is 14.7 Å². The molecule has 0 radical (unpaired) electrons. The lowest BCUT2D eigenvalue weighted by Gasteiger charge is -2.17. The summed E-state index contributed by atoms with van der Waals surface area (Å²) >= 11 is 0. The third-order valence-corrected chi connectivity index (χ3v) is 2.73. The lowest BCUT2D eigenvalue weighted by Crippen LogP contribution is -2.15. The molecule has 2 aromatic rings. The van der Waals surface area contributed by atoms with Crippen LogP contribution in [0.25, 0.3) is 11.4 Å². The molecule has 3 nitrogen and oxygen atoms in total. The predicted octanol–water partition coefficient (Wildman–Crippen LogP) is 3.86. The molecule has 6 heteroatoms. The van der Waals surface area contributed by atoms with E-state index in [4.69, 9.17) is 0 Å². The minimum absolute atomic E-state index is 0.0578. The van der Waals surface area contributed by atoms with Gasteiger partial charge in [-0.1, -0.05) is 0 Å². The van der Waals surface area contributed by atoms with E-state index in [1.807, 2.05) is 0 Å². The monoisotopic (exact) mass is 270 g/mol. The SMILES string of the molecule is CC(C)n1c(C(F)(F)F)cnc1-c1ccc(O)cc1. The summed E-state index contributed by atoms with van der Waals surface area (Å²) in [7, 11) is 0. The molecule has 2 rings (SSSR count). The number of aromatic nitrogens is 2. The molecule has 1 aromatic heterocycles. The summed E-state index contributed by atoms with van der Waals surface area (Å²) in [5.74, 6) is 0.296. The van der Waals surface area contributed by atoms with Crippen molar-refractivity contribution in [3.63, 3.8) is 0 Å². The van der Waals surface area contributed by atoms with Crippen molar-refractivity contribution in [1.82, 2.24) is 9.55 Å². The van der Waals surface area contributed by atoms with E-state index in [9.17, 15) is 18.3 Å². The molecule has 0 saturated heterocycles. The Kier molecular flexibility index (Phi) is 3.26. The Morgan fingerprint density at radius 2 is 1.74 bits per heavy atom. The molecule has 1 N–H and O–H groups in total. The van der Waals surface area contributed by atoms with Gasteiger partial charge in [0.05, 0.1) is 6.20 Å². The minimum atomic E-state index is -4.44. The van der Waals surface area contributed by atoms with Crippen molar-refractivity contribution < 1.29 is 18.3 Å². The van der Waals surface area contributed by atoms with Crippen LogP contribution in [0.1, 0.15) is 25.6 Å². The maximum absolute atomic E-state index is 12.9. The first-order valence-corrected chi connectivity index (χ1v) is 5.74. The molecule has 1 heterocycles. The Balaban J connectivity index is 2.59. The van der Waals surface area contributed by atoms with Crippen molar-refractivity contribution in [2.75, 3.05) is 0 Å². The summed E-state index contributed by atoms with van der Waals surface area (Å²) in [5, 5.41) is 9.21. The standard InChI is InChI=1S/C13H13F3N2O/c1-8(2)18-11(13(14,15)16)7-17-12(18)9-3-5-10(19)6-4-9/h3-8,19H,1-2H3. The molecule has 0 spiro atoms. The average Bonchev–Trinajstić information content (AvgIpc) is 2.74. The van der Waals surface area contributed by atoms with Gasteiger partial charge in [-0.2, -0.15) is 13.2 Å². The Bertz CT molecular complexity index is 571. The molecule has 102 valence electrons. The zero-order valence-corrected chi connectivity index (χ0v) is 10.4. The number of nitrogens with zero attached hydrogens (tertiary/aromatic N) is 2. The molecule has 0 bridgehead atoms. The lowest BCUT2D eigenvalue weighted by atomic mass is 10.2. The molecule has 0 unspecified atom stereocenters. The summed E-state index contributed by atoms with van der Waals surface area (Å²) in [6, 6.07) is 5.54. The molecule has 19 heavy (non-hydrogen) atoms. The van der Waals surface area contributed by atoms with E-state index in [1.54, 1.807) is 13.8 Å². The number of rotatable bonds is 2. The second kappa shape index (κ2) is 4.60. The largest absolute Gasteiger partial charge is 0.508 e. The van der Waals surface area contributed by atoms with Crippen LogP contribution in [0.2, 0.25) is 0 Å². The van der Waals surface area contributed by atoms with Gasteiger partial charge in [-0.05, 0) is 38.1 Å². The van der Waals surface area contributed by atoms with E-state index in [0.717, 1.165) is 10.8 Å². The Morgan fingerprint density at radius 3 is 2.21 bits per heavy atom. The van der Waals surface area contributed by atoms with Crippen molar-refractivity contribution in [2.24, 2.45) is 0 Å². The minimum Gasteiger partial charge on any atom is -0.508 e. The smallest absolute Gasteiger partial charge is 0.433 e. The van der Waals surface area contributed by atoms with Gasteiger partial charge in [-0.25, -0.2) is 4.98 Å². The molecule has 0 atom stereocenters. The van der Waals surface area contributed by atoms with Crippen LogP contribution >= 0.6 is 0 Å². The number of phenolic OH excluding ortho intramolecular Hbond substituents is 1. The van der Waals surface area contributed by atoms with E-state index >= 15 is 0 Å². The molecule has 1 aromatic carbocycles. The summed E-state index contributed by atoms with van der Waals surface area (Å²) < 4.78 is 39.8. The first-order valence-electron chi connectivity index (χ1n) is 5.74. The predicted molar refractivity (Wildman–Crippen MR) is 64.7 cm³/mol. The zero-order chi connectivity index (χ0) is 14.2. The van der Waals surface area contributed by atoms with E-state index in [2.05, 4.69) is 4.98 Å². The fraction of sp³-hybridized carbons (Fsp3) is 0.308. The van der Waals surface area contributed by atoms with Gasteiger partial charge in [-0.3, -0.25) is 0 Å². The van der Waals surface area contributed by atoms with Crippen LogP contribution in [0.4, 0.5) is 13.2 Å². The first-order chi connectivity index (χ1) is 8.80. The highest BCUT2D eigenvalue weighted by Gasteiger charge is 2.36. The summed E-state index contributed by atoms with van der Waals surface area (Å²) in [6.07, 6.45) is -3.60. The number of alkyl halides is 3. The second-order valence-electron chi connectivity index (χ2n) is 4.48. The van der Waals surface area contributed by atoms with Crippen molar-refractivity contribution in [3.05, 3.63) is 36.2 Å². The van der Waals surface area contributed by atoms with Crippen molar-refractivity contribution >= 4 is 0 Å². The lowest BCUT2D eigenvalue weighted by molar-refractivity contribution is -0.144. The van der Waals surface area contributed by atoms with E-state index in [1.165, 1.54) is 24.3 Å². The van der Waals surface area contributed by atoms with E-state index in [0.29, 0.717) is 5.56 Å². The van der Waals surface area contributed by atoms with E-state index < -0.39 is 11.9 Å². The Morgan fingerprint density at radius 1 is 1.16 bits per heavy atom. The van der Waals surface area contributed by atoms with Gasteiger partial charge in [0, 0.05) is 11.6 Å². The number of aromatic hydroxyl groups is 1. The molecule has 0 aliphatic carbocycles. The maximum atomic E-state index is 12.9. The van der Waals surface area contributed by atoms with E-state index in [-0.39, 0.29) is 17.6 Å². The molecule has 0 amide bonds. The van der Waals surface area contributed by atoms with Gasteiger partial charge in [0.1, 0.15) is 17.3 Å². The second-order valence-corrected chi connectivity index (χ2v) is 4.48. The molecule has 0 aliphatic rings. The van der Waals surface area contributed by atoms with Gasteiger partial charge in [0.15, 0.2) is 0 Å². The molecule has 0 saturated carbocycles. The third kappa shape index (κ3) is 2.57. The summed E-state index contributed by atoms with van der Waals surface area (Å²) in [4.78, 5) is 3.87. The van der Waals surface area contributed by atoms with Gasteiger partial charge >= 0.3 is 6.18 Å². The van der Waals surface area contributed by atoms with Crippen molar-refractivity contribution in [2.45, 2.75) is 26.1 Å². The number of halogens is 3. The zero-order valence-electron chi connectivity index (χ0n) is 10.4. The van der Waals surface area contributed by atoms with Crippen molar-refractivity contribution in [1.29, 1.82) is 0 Å². The third-order valence-electron chi connectivity index (χ3n) is 2.73. The van der Waals surface area contributed by atoms with Crippen molar-refractivity contribution in [3.8, 4) is 17.1 Å². The fourth-order valence-electron chi connectivity index (χ4n) is 1.92. The maximum Gasteiger partial charge on any atom is 0.433 e. The van der Waals surface area contributed by atoms with Crippen LogP contribution in [0.5, 0.6) is 5.75 Å². The topological polar surface area (TPSA) is 38.0 Å². The number of hydrogen-bond donors (Lipinski definition) is 1. The number of benzene rings is 1. The molecular weight excluding hydrogens is 257 g/mol. The summed E-state index contributed by atoms with van der Waals surface area (Å²) in [6.45, 7) is 3.33. The number of phenols is 1. The quantitative estimate of drug-likeness (QED) is 0.900. The summed E-state index contributed by atoms with van der Waals surface area (Å²) in [5.41, 5.74) is -0.243. The first kappa shape index (κ1) is 13.5. The van der Waals surface area contributed by atoms with Gasteiger partial charge in [0.25, 0.3) is 0 Å². The van der Waals surface area contributed by atoms with Crippen LogP contribution in [-0.2, 0) is 6.18 Å². The Labute approximate surface area is 108 Å². The molecule has 0 aliphatic heterocycles. The fourth-order valence-corrected chi connectivity index (χ4v) is 1.92. The van der Waals surface area contributed by atoms with Crippen LogP contribution in [0.15, 0.2) is 30.5 Å². The van der Waals surface area contributed by atoms with Gasteiger partial charge in [0.2, 0.25) is 0 Å². The number of imidazole rings is 1. The highest BCUT2D eigenvalue weighted by molar-refractivity contribution is 5.57. The highest BCUT2D eigenvalue weighted by Crippen LogP contribution is 2.34. The van der Waals surface area contributed by atoms with Crippen LogP contribution in [0.3, 0.4) is 0 Å². The molecule has 0 fully saturated rings. The molecular formula is C13H13F3N2O. The Hall–Kier alpha value is -1.98. The highest BCUT2D eigenvalue weighted by atomic mass is 19.4. The van der Waals surface area contributed by atoms with Crippen LogP contribution in [0, 0.1) is 0 Å². The normalized spacial score (nSPS) is 12.1. The average molecular weight is 270 g/mol. The van der Waals surface area contributed by atoms with Gasteiger partial charge < -0.3 is 9.67 Å².